The van der Waals surface area contributed by atoms with Crippen LogP contribution in [0.15, 0.2) is 0 Å². The molecular formula is C11H20N2O5. The average Bonchev–Trinajstić information content (AvgIpc) is 2.27. The minimum Gasteiger partial charge on any atom is -0.481 e. The van der Waals surface area contributed by atoms with Crippen molar-refractivity contribution >= 4 is 18.0 Å². The maximum absolute atomic E-state index is 11.6. The molecule has 104 valence electrons. The fourth-order valence-electron chi connectivity index (χ4n) is 1.20. The molecule has 1 unspecified atom stereocenters. The molecule has 0 fully saturated rings. The molecule has 0 spiro atoms. The van der Waals surface area contributed by atoms with Crippen molar-refractivity contribution in [2.24, 2.45) is 0 Å². The summed E-state index contributed by atoms with van der Waals surface area (Å²) in [6.45, 7) is 3.79. The third-order valence-electron chi connectivity index (χ3n) is 2.36. The van der Waals surface area contributed by atoms with E-state index in [9.17, 15) is 14.4 Å². The van der Waals surface area contributed by atoms with Crippen LogP contribution in [0.4, 0.5) is 4.79 Å². The molecule has 0 bridgehead atoms. The number of nitrogens with zero attached hydrogens (tertiary/aromatic N) is 1. The Labute approximate surface area is 106 Å². The number of carboxylic acids is 1. The van der Waals surface area contributed by atoms with Crippen molar-refractivity contribution in [3.05, 3.63) is 0 Å². The van der Waals surface area contributed by atoms with E-state index in [2.05, 4.69) is 5.32 Å². The SMILES string of the molecule is CCOC(=O)CC(C)N(C)C(=O)NCCC(=O)O. The zero-order chi connectivity index (χ0) is 14.1. The summed E-state index contributed by atoms with van der Waals surface area (Å²) in [5.41, 5.74) is 0. The van der Waals surface area contributed by atoms with Crippen LogP contribution in [0.5, 0.6) is 0 Å². The Bertz CT molecular complexity index is 306. The van der Waals surface area contributed by atoms with E-state index in [1.807, 2.05) is 0 Å². The number of hydrogen-bond donors (Lipinski definition) is 2. The van der Waals surface area contributed by atoms with Gasteiger partial charge in [-0.05, 0) is 13.8 Å². The second-order valence-corrected chi connectivity index (χ2v) is 3.84. The van der Waals surface area contributed by atoms with Gasteiger partial charge in [0.15, 0.2) is 0 Å². The van der Waals surface area contributed by atoms with E-state index < -0.39 is 12.0 Å². The van der Waals surface area contributed by atoms with Crippen LogP contribution in [-0.4, -0.2) is 54.2 Å². The van der Waals surface area contributed by atoms with Gasteiger partial charge in [-0.15, -0.1) is 0 Å². The van der Waals surface area contributed by atoms with Crippen molar-refractivity contribution in [1.82, 2.24) is 10.2 Å². The summed E-state index contributed by atoms with van der Waals surface area (Å²) in [6.07, 6.45) is -0.0253. The van der Waals surface area contributed by atoms with Crippen LogP contribution in [-0.2, 0) is 14.3 Å². The molecule has 7 heteroatoms. The highest BCUT2D eigenvalue weighted by Crippen LogP contribution is 2.03. The lowest BCUT2D eigenvalue weighted by molar-refractivity contribution is -0.144. The second-order valence-electron chi connectivity index (χ2n) is 3.84. The lowest BCUT2D eigenvalue weighted by Crippen LogP contribution is -2.43. The Morgan fingerprint density at radius 1 is 1.39 bits per heavy atom. The van der Waals surface area contributed by atoms with E-state index in [1.54, 1.807) is 20.9 Å². The molecule has 0 aliphatic heterocycles. The number of aliphatic carboxylic acids is 1. The smallest absolute Gasteiger partial charge is 0.317 e. The van der Waals surface area contributed by atoms with Crippen molar-refractivity contribution in [1.29, 1.82) is 0 Å². The molecule has 0 aliphatic carbocycles. The highest BCUT2D eigenvalue weighted by atomic mass is 16.5. The summed E-state index contributed by atoms with van der Waals surface area (Å²) in [5.74, 6) is -1.34. The van der Waals surface area contributed by atoms with Gasteiger partial charge >= 0.3 is 18.0 Å². The first-order chi connectivity index (χ1) is 8.38. The van der Waals surface area contributed by atoms with E-state index >= 15 is 0 Å². The number of ether oxygens (including phenoxy) is 1. The Hall–Kier alpha value is -1.79. The second kappa shape index (κ2) is 8.32. The quantitative estimate of drug-likeness (QED) is 0.648. The van der Waals surface area contributed by atoms with Gasteiger partial charge in [-0.1, -0.05) is 0 Å². The Morgan fingerprint density at radius 3 is 2.50 bits per heavy atom. The van der Waals surface area contributed by atoms with Crippen molar-refractivity contribution in [2.75, 3.05) is 20.2 Å². The Balaban J connectivity index is 4.03. The highest BCUT2D eigenvalue weighted by molar-refractivity contribution is 5.76. The lowest BCUT2D eigenvalue weighted by atomic mass is 10.2. The molecule has 0 aromatic rings. The molecule has 7 nitrogen and oxygen atoms in total. The molecule has 0 rings (SSSR count). The van der Waals surface area contributed by atoms with Crippen LogP contribution in [0.3, 0.4) is 0 Å². The average molecular weight is 260 g/mol. The highest BCUT2D eigenvalue weighted by Gasteiger charge is 2.18. The summed E-state index contributed by atoms with van der Waals surface area (Å²) in [4.78, 5) is 34.4. The number of nitrogens with one attached hydrogen (secondary N) is 1. The third-order valence-corrected chi connectivity index (χ3v) is 2.36. The molecule has 0 aromatic heterocycles. The first-order valence-corrected chi connectivity index (χ1v) is 5.76. The van der Waals surface area contributed by atoms with Crippen molar-refractivity contribution in [3.63, 3.8) is 0 Å². The van der Waals surface area contributed by atoms with E-state index in [4.69, 9.17) is 9.84 Å². The molecular weight excluding hydrogens is 240 g/mol. The fraction of sp³-hybridized carbons (Fsp3) is 0.727. The number of hydrogen-bond acceptors (Lipinski definition) is 4. The molecule has 0 aliphatic rings. The van der Waals surface area contributed by atoms with Gasteiger partial charge in [0.2, 0.25) is 0 Å². The number of carboxylic acid groups (broad SMARTS) is 1. The largest absolute Gasteiger partial charge is 0.481 e. The standard InChI is InChI=1S/C11H20N2O5/c1-4-18-10(16)7-8(2)13(3)11(17)12-6-5-9(14)15/h8H,4-7H2,1-3H3,(H,12,17)(H,14,15). The van der Waals surface area contributed by atoms with Crippen LogP contribution in [0.2, 0.25) is 0 Å². The summed E-state index contributed by atoms with van der Waals surface area (Å²) in [6, 6.07) is -0.720. The minimum atomic E-state index is -0.975. The van der Waals surface area contributed by atoms with Crippen molar-refractivity contribution in [2.45, 2.75) is 32.7 Å². The zero-order valence-electron chi connectivity index (χ0n) is 10.9. The van der Waals surface area contributed by atoms with Crippen molar-refractivity contribution in [3.8, 4) is 0 Å². The molecule has 0 radical (unpaired) electrons. The molecule has 0 heterocycles. The molecule has 0 aromatic carbocycles. The summed E-state index contributed by atoms with van der Waals surface area (Å²) >= 11 is 0. The van der Waals surface area contributed by atoms with Gasteiger partial charge in [0.1, 0.15) is 0 Å². The lowest BCUT2D eigenvalue weighted by Gasteiger charge is -2.24. The van der Waals surface area contributed by atoms with Gasteiger partial charge in [-0.25, -0.2) is 4.79 Å². The molecule has 18 heavy (non-hydrogen) atoms. The minimum absolute atomic E-state index is 0.0602. The number of urea groups is 1. The maximum atomic E-state index is 11.6. The Morgan fingerprint density at radius 2 is 2.00 bits per heavy atom. The van der Waals surface area contributed by atoms with Gasteiger partial charge in [0, 0.05) is 19.6 Å². The zero-order valence-corrected chi connectivity index (χ0v) is 10.9. The number of carbonyl (C=O) groups excluding carboxylic acids is 2. The van der Waals surface area contributed by atoms with E-state index in [-0.39, 0.29) is 31.4 Å². The molecule has 0 saturated heterocycles. The van der Waals surface area contributed by atoms with E-state index in [1.165, 1.54) is 4.90 Å². The third kappa shape index (κ3) is 6.72. The Kier molecular flexibility index (Phi) is 7.50. The summed E-state index contributed by atoms with van der Waals surface area (Å²) < 4.78 is 4.78. The van der Waals surface area contributed by atoms with E-state index in [0.717, 1.165) is 0 Å². The molecule has 2 amide bonds. The number of amides is 2. The number of rotatable bonds is 7. The first-order valence-electron chi connectivity index (χ1n) is 5.76. The van der Waals surface area contributed by atoms with Gasteiger partial charge in [-0.3, -0.25) is 9.59 Å². The predicted molar refractivity (Wildman–Crippen MR) is 64.1 cm³/mol. The van der Waals surface area contributed by atoms with Crippen LogP contribution in [0, 0.1) is 0 Å². The van der Waals surface area contributed by atoms with Gasteiger partial charge in [-0.2, -0.15) is 0 Å². The number of carbonyl (C=O) groups is 3. The maximum Gasteiger partial charge on any atom is 0.317 e. The predicted octanol–water partition coefficient (Wildman–Crippen LogP) is 0.444. The van der Waals surface area contributed by atoms with E-state index in [0.29, 0.717) is 6.61 Å². The van der Waals surface area contributed by atoms with Crippen LogP contribution in [0.1, 0.15) is 26.7 Å². The monoisotopic (exact) mass is 260 g/mol. The van der Waals surface area contributed by atoms with Gasteiger partial charge in [0.25, 0.3) is 0 Å². The van der Waals surface area contributed by atoms with Crippen molar-refractivity contribution < 1.29 is 24.2 Å². The fourth-order valence-corrected chi connectivity index (χ4v) is 1.20. The van der Waals surface area contributed by atoms with Crippen LogP contribution < -0.4 is 5.32 Å². The van der Waals surface area contributed by atoms with Crippen LogP contribution in [0.25, 0.3) is 0 Å². The normalized spacial score (nSPS) is 11.5. The summed E-state index contributed by atoms with van der Waals surface area (Å²) in [7, 11) is 1.54. The summed E-state index contributed by atoms with van der Waals surface area (Å²) in [5, 5.41) is 10.9. The topological polar surface area (TPSA) is 95.9 Å². The molecule has 1 atom stereocenters. The van der Waals surface area contributed by atoms with Gasteiger partial charge < -0.3 is 20.1 Å². The molecule has 2 N–H and O–H groups in total. The number of esters is 1. The van der Waals surface area contributed by atoms with Crippen LogP contribution >= 0.6 is 0 Å². The molecule has 0 saturated carbocycles. The first kappa shape index (κ1) is 16.2. The van der Waals surface area contributed by atoms with Gasteiger partial charge in [0.05, 0.1) is 19.4 Å².